The molecular weight excluding hydrogens is 346 g/mol. The van der Waals surface area contributed by atoms with Crippen LogP contribution in [0.3, 0.4) is 0 Å². The van der Waals surface area contributed by atoms with Crippen molar-refractivity contribution in [1.29, 1.82) is 0 Å². The van der Waals surface area contributed by atoms with Gasteiger partial charge in [-0.05, 0) is 19.1 Å². The molecule has 4 aromatic rings. The van der Waals surface area contributed by atoms with E-state index < -0.39 is 0 Å². The molecule has 2 heterocycles. The summed E-state index contributed by atoms with van der Waals surface area (Å²) in [5, 5.41) is 9.89. The molecule has 0 saturated heterocycles. The van der Waals surface area contributed by atoms with E-state index in [0.29, 0.717) is 16.7 Å². The van der Waals surface area contributed by atoms with E-state index in [-0.39, 0.29) is 10.8 Å². The van der Waals surface area contributed by atoms with Crippen molar-refractivity contribution in [2.75, 3.05) is 0 Å². The SMILES string of the molecule is C[C@H](Sc1nnc(-c2ccccc2)n1C)c1nc2ccccc2c(=O)[nH]1. The zero-order chi connectivity index (χ0) is 18.1. The van der Waals surface area contributed by atoms with Gasteiger partial charge in [0.1, 0.15) is 5.82 Å². The predicted molar refractivity (Wildman–Crippen MR) is 103 cm³/mol. The fourth-order valence-electron chi connectivity index (χ4n) is 2.77. The molecule has 0 spiro atoms. The first kappa shape index (κ1) is 16.5. The Morgan fingerprint density at radius 2 is 1.77 bits per heavy atom. The van der Waals surface area contributed by atoms with Crippen molar-refractivity contribution < 1.29 is 0 Å². The van der Waals surface area contributed by atoms with Crippen LogP contribution in [0.25, 0.3) is 22.3 Å². The maximum atomic E-state index is 12.3. The van der Waals surface area contributed by atoms with Crippen LogP contribution in [0.2, 0.25) is 0 Å². The second kappa shape index (κ2) is 6.76. The van der Waals surface area contributed by atoms with Crippen molar-refractivity contribution in [3.05, 3.63) is 70.8 Å². The molecule has 0 aliphatic heterocycles. The number of aromatic nitrogens is 5. The highest BCUT2D eigenvalue weighted by Gasteiger charge is 2.17. The molecule has 0 aliphatic carbocycles. The number of hydrogen-bond acceptors (Lipinski definition) is 5. The molecule has 0 unspecified atom stereocenters. The molecule has 0 fully saturated rings. The van der Waals surface area contributed by atoms with Crippen molar-refractivity contribution in [1.82, 2.24) is 24.7 Å². The number of hydrogen-bond donors (Lipinski definition) is 1. The van der Waals surface area contributed by atoms with Gasteiger partial charge in [0.25, 0.3) is 5.56 Å². The summed E-state index contributed by atoms with van der Waals surface area (Å²) < 4.78 is 1.95. The lowest BCUT2D eigenvalue weighted by atomic mass is 10.2. The van der Waals surface area contributed by atoms with Crippen LogP contribution in [0.15, 0.2) is 64.5 Å². The first-order valence-corrected chi connectivity index (χ1v) is 9.12. The maximum absolute atomic E-state index is 12.3. The molecule has 0 amide bonds. The first-order chi connectivity index (χ1) is 12.6. The molecule has 2 aromatic heterocycles. The van der Waals surface area contributed by atoms with Crippen molar-refractivity contribution in [2.24, 2.45) is 7.05 Å². The number of benzene rings is 2. The summed E-state index contributed by atoms with van der Waals surface area (Å²) >= 11 is 1.51. The Bertz CT molecular complexity index is 1120. The highest BCUT2D eigenvalue weighted by Crippen LogP contribution is 2.33. The summed E-state index contributed by atoms with van der Waals surface area (Å²) in [6.45, 7) is 1.99. The zero-order valence-corrected chi connectivity index (χ0v) is 15.2. The molecule has 4 rings (SSSR count). The van der Waals surface area contributed by atoms with Gasteiger partial charge in [0.15, 0.2) is 11.0 Å². The number of rotatable bonds is 4. The van der Waals surface area contributed by atoms with E-state index in [1.165, 1.54) is 11.8 Å². The lowest BCUT2D eigenvalue weighted by Gasteiger charge is -2.11. The average Bonchev–Trinajstić information content (AvgIpc) is 3.03. The third kappa shape index (κ3) is 3.01. The van der Waals surface area contributed by atoms with Gasteiger partial charge in [-0.1, -0.05) is 54.2 Å². The minimum absolute atomic E-state index is 0.0705. The van der Waals surface area contributed by atoms with E-state index in [4.69, 9.17) is 0 Å². The summed E-state index contributed by atoms with van der Waals surface area (Å²) in [6, 6.07) is 17.3. The number of aromatic amines is 1. The number of H-pyrrole nitrogens is 1. The second-order valence-electron chi connectivity index (χ2n) is 5.96. The number of fused-ring (bicyclic) bond motifs is 1. The van der Waals surface area contributed by atoms with Crippen molar-refractivity contribution in [2.45, 2.75) is 17.3 Å². The van der Waals surface area contributed by atoms with Crippen LogP contribution in [-0.2, 0) is 7.05 Å². The van der Waals surface area contributed by atoms with Gasteiger partial charge in [-0.2, -0.15) is 0 Å². The summed E-state index contributed by atoms with van der Waals surface area (Å²) in [5.41, 5.74) is 1.59. The van der Waals surface area contributed by atoms with Crippen molar-refractivity contribution in [3.63, 3.8) is 0 Å². The summed E-state index contributed by atoms with van der Waals surface area (Å²) in [6.07, 6.45) is 0. The standard InChI is InChI=1S/C19H17N5OS/c1-12(16-20-15-11-7-6-10-14(15)18(25)21-16)26-19-23-22-17(24(19)2)13-8-4-3-5-9-13/h3-12H,1-2H3,(H,20,21,25)/t12-/m0/s1. The molecule has 2 aromatic carbocycles. The molecule has 7 heteroatoms. The highest BCUT2D eigenvalue weighted by atomic mass is 32.2. The van der Waals surface area contributed by atoms with E-state index in [2.05, 4.69) is 20.2 Å². The number of nitrogens with zero attached hydrogens (tertiary/aromatic N) is 4. The van der Waals surface area contributed by atoms with Gasteiger partial charge in [0.2, 0.25) is 0 Å². The van der Waals surface area contributed by atoms with E-state index in [0.717, 1.165) is 16.5 Å². The predicted octanol–water partition coefficient (Wildman–Crippen LogP) is 3.57. The Labute approximate surface area is 154 Å². The molecule has 0 aliphatic rings. The van der Waals surface area contributed by atoms with E-state index in [1.54, 1.807) is 6.07 Å². The minimum atomic E-state index is -0.124. The first-order valence-electron chi connectivity index (χ1n) is 8.24. The fraction of sp³-hybridized carbons (Fsp3) is 0.158. The van der Waals surface area contributed by atoms with Crippen molar-refractivity contribution >= 4 is 22.7 Å². The Kier molecular flexibility index (Phi) is 4.30. The second-order valence-corrected chi connectivity index (χ2v) is 7.27. The number of para-hydroxylation sites is 1. The molecule has 130 valence electrons. The molecule has 1 atom stereocenters. The van der Waals surface area contributed by atoms with Crippen molar-refractivity contribution in [3.8, 4) is 11.4 Å². The topological polar surface area (TPSA) is 76.5 Å². The molecule has 0 saturated carbocycles. The van der Waals surface area contributed by atoms with Gasteiger partial charge in [-0.3, -0.25) is 4.79 Å². The summed E-state index contributed by atoms with van der Waals surface area (Å²) in [7, 11) is 1.94. The van der Waals surface area contributed by atoms with Crippen LogP contribution in [0.4, 0.5) is 0 Å². The molecule has 6 nitrogen and oxygen atoms in total. The lowest BCUT2D eigenvalue weighted by molar-refractivity contribution is 0.786. The smallest absolute Gasteiger partial charge is 0.258 e. The third-order valence-corrected chi connectivity index (χ3v) is 5.31. The van der Waals surface area contributed by atoms with Gasteiger partial charge in [0, 0.05) is 12.6 Å². The summed E-state index contributed by atoms with van der Waals surface area (Å²) in [5.74, 6) is 1.43. The van der Waals surface area contributed by atoms with Gasteiger partial charge in [0.05, 0.1) is 16.2 Å². The Hall–Kier alpha value is -2.93. The lowest BCUT2D eigenvalue weighted by Crippen LogP contribution is -2.13. The van der Waals surface area contributed by atoms with Gasteiger partial charge >= 0.3 is 0 Å². The zero-order valence-electron chi connectivity index (χ0n) is 14.4. The van der Waals surface area contributed by atoms with Crippen LogP contribution in [0.5, 0.6) is 0 Å². The quantitative estimate of drug-likeness (QED) is 0.561. The van der Waals surface area contributed by atoms with Crippen LogP contribution >= 0.6 is 11.8 Å². The van der Waals surface area contributed by atoms with Crippen LogP contribution in [0.1, 0.15) is 18.0 Å². The van der Waals surface area contributed by atoms with E-state index in [9.17, 15) is 4.79 Å². The largest absolute Gasteiger partial charge is 0.309 e. The Balaban J connectivity index is 1.64. The highest BCUT2D eigenvalue weighted by molar-refractivity contribution is 7.99. The van der Waals surface area contributed by atoms with Crippen LogP contribution < -0.4 is 5.56 Å². The molecular formula is C19H17N5OS. The minimum Gasteiger partial charge on any atom is -0.309 e. The van der Waals surface area contributed by atoms with Gasteiger partial charge < -0.3 is 9.55 Å². The van der Waals surface area contributed by atoms with Crippen LogP contribution in [0, 0.1) is 0 Å². The summed E-state index contributed by atoms with van der Waals surface area (Å²) in [4.78, 5) is 19.8. The fourth-order valence-corrected chi connectivity index (χ4v) is 3.64. The third-order valence-electron chi connectivity index (χ3n) is 4.17. The van der Waals surface area contributed by atoms with E-state index >= 15 is 0 Å². The molecule has 0 bridgehead atoms. The molecule has 0 radical (unpaired) electrons. The normalized spacial score (nSPS) is 12.4. The van der Waals surface area contributed by atoms with Gasteiger partial charge in [-0.25, -0.2) is 4.98 Å². The Morgan fingerprint density at radius 1 is 1.04 bits per heavy atom. The monoisotopic (exact) mass is 363 g/mol. The Morgan fingerprint density at radius 3 is 2.58 bits per heavy atom. The van der Waals surface area contributed by atoms with Gasteiger partial charge in [-0.15, -0.1) is 10.2 Å². The maximum Gasteiger partial charge on any atom is 0.258 e. The average molecular weight is 363 g/mol. The van der Waals surface area contributed by atoms with Crippen LogP contribution in [-0.4, -0.2) is 24.7 Å². The number of thioether (sulfide) groups is 1. The molecule has 26 heavy (non-hydrogen) atoms. The van der Waals surface area contributed by atoms with E-state index in [1.807, 2.05) is 67.1 Å². The number of nitrogens with one attached hydrogen (secondary N) is 1. The molecule has 1 N–H and O–H groups in total.